The van der Waals surface area contributed by atoms with Crippen molar-refractivity contribution in [1.29, 1.82) is 0 Å². The maximum atomic E-state index is 5.94. The lowest BCUT2D eigenvalue weighted by molar-refractivity contribution is 0.560. The lowest BCUT2D eigenvalue weighted by Crippen LogP contribution is -2.33. The van der Waals surface area contributed by atoms with Crippen LogP contribution in [0.25, 0.3) is 0 Å². The van der Waals surface area contributed by atoms with Gasteiger partial charge in [-0.15, -0.1) is 0 Å². The summed E-state index contributed by atoms with van der Waals surface area (Å²) < 4.78 is 0. The Morgan fingerprint density at radius 2 is 2.10 bits per heavy atom. The van der Waals surface area contributed by atoms with Gasteiger partial charge in [-0.3, -0.25) is 0 Å². The highest BCUT2D eigenvalue weighted by molar-refractivity contribution is 7.80. The van der Waals surface area contributed by atoms with Gasteiger partial charge in [0, 0.05) is 18.4 Å². The molecular weight excluding hydrogens is 278 g/mol. The summed E-state index contributed by atoms with van der Waals surface area (Å²) in [7, 11) is 0. The molecule has 0 amide bonds. The Bertz CT molecular complexity index is 696. The predicted molar refractivity (Wildman–Crippen MR) is 91.2 cm³/mol. The number of anilines is 2. The topological polar surface area (TPSA) is 42.2 Å². The number of hydrogen-bond acceptors (Lipinski definition) is 3. The van der Waals surface area contributed by atoms with Crippen LogP contribution in [0, 0.1) is 12.8 Å². The molecule has 21 heavy (non-hydrogen) atoms. The van der Waals surface area contributed by atoms with Crippen LogP contribution < -0.4 is 10.6 Å². The number of aryl methyl sites for hydroxylation is 1. The molecule has 3 rings (SSSR count). The molecule has 0 aliphatic carbocycles. The molecule has 1 aliphatic rings. The van der Waals surface area contributed by atoms with Crippen molar-refractivity contribution in [3.05, 3.63) is 53.2 Å². The molecule has 1 aliphatic heterocycles. The molecule has 1 atom stereocenters. The molecule has 2 N–H and O–H groups in total. The molecule has 0 saturated carbocycles. The van der Waals surface area contributed by atoms with Crippen molar-refractivity contribution in [3.8, 4) is 0 Å². The number of para-hydroxylation sites is 1. The number of thiocarbonyl (C=S) groups is 1. The minimum absolute atomic E-state index is 0.409. The Morgan fingerprint density at radius 3 is 2.86 bits per heavy atom. The fourth-order valence-corrected chi connectivity index (χ4v) is 3.30. The van der Waals surface area contributed by atoms with E-state index in [9.17, 15) is 0 Å². The molecule has 4 heteroatoms. The van der Waals surface area contributed by atoms with Gasteiger partial charge in [-0.25, -0.2) is 4.98 Å². The van der Waals surface area contributed by atoms with Crippen molar-refractivity contribution >= 4 is 28.7 Å². The SMILES string of the molecule is Cc1ccnc(N2CC(C)Cc3ccccc32)c1C(N)=S. The monoisotopic (exact) mass is 297 g/mol. The second-order valence-corrected chi connectivity index (χ2v) is 6.18. The first kappa shape index (κ1) is 14.0. The minimum atomic E-state index is 0.409. The molecular formula is C17H19N3S. The van der Waals surface area contributed by atoms with Gasteiger partial charge in [0.05, 0.1) is 5.56 Å². The van der Waals surface area contributed by atoms with Gasteiger partial charge in [0.25, 0.3) is 0 Å². The first-order chi connectivity index (χ1) is 10.1. The average Bonchev–Trinajstić information content (AvgIpc) is 2.45. The van der Waals surface area contributed by atoms with Gasteiger partial charge in [0.15, 0.2) is 0 Å². The Balaban J connectivity index is 2.18. The van der Waals surface area contributed by atoms with E-state index in [1.165, 1.54) is 11.3 Å². The molecule has 1 aromatic carbocycles. The van der Waals surface area contributed by atoms with Crippen molar-refractivity contribution in [2.24, 2.45) is 11.7 Å². The summed E-state index contributed by atoms with van der Waals surface area (Å²) in [6.07, 6.45) is 2.93. The van der Waals surface area contributed by atoms with E-state index < -0.39 is 0 Å². The van der Waals surface area contributed by atoms with Gasteiger partial charge in [-0.1, -0.05) is 37.3 Å². The zero-order valence-electron chi connectivity index (χ0n) is 12.3. The van der Waals surface area contributed by atoms with Gasteiger partial charge in [-0.05, 0) is 42.5 Å². The van der Waals surface area contributed by atoms with Crippen LogP contribution >= 0.6 is 12.2 Å². The van der Waals surface area contributed by atoms with E-state index in [2.05, 4.69) is 41.1 Å². The summed E-state index contributed by atoms with van der Waals surface area (Å²) in [5, 5.41) is 0. The molecule has 1 aromatic heterocycles. The zero-order chi connectivity index (χ0) is 15.0. The summed E-state index contributed by atoms with van der Waals surface area (Å²) in [4.78, 5) is 7.24. The third-order valence-electron chi connectivity index (χ3n) is 3.99. The molecule has 0 spiro atoms. The highest BCUT2D eigenvalue weighted by atomic mass is 32.1. The maximum absolute atomic E-state index is 5.94. The zero-order valence-corrected chi connectivity index (χ0v) is 13.2. The summed E-state index contributed by atoms with van der Waals surface area (Å²) in [5.74, 6) is 1.45. The summed E-state index contributed by atoms with van der Waals surface area (Å²) in [5.41, 5.74) is 10.5. The molecule has 2 aromatic rings. The Morgan fingerprint density at radius 1 is 1.33 bits per heavy atom. The van der Waals surface area contributed by atoms with Crippen molar-refractivity contribution in [2.45, 2.75) is 20.3 Å². The van der Waals surface area contributed by atoms with E-state index >= 15 is 0 Å². The third kappa shape index (κ3) is 2.51. The standard InChI is InChI=1S/C17H19N3S/c1-11-9-13-5-3-4-6-14(13)20(10-11)17-15(16(18)21)12(2)7-8-19-17/h3-8,11H,9-10H2,1-2H3,(H2,18,21). The largest absolute Gasteiger partial charge is 0.389 e. The summed E-state index contributed by atoms with van der Waals surface area (Å²) in [6.45, 7) is 5.22. The number of benzene rings is 1. The number of nitrogens with zero attached hydrogens (tertiary/aromatic N) is 2. The number of fused-ring (bicyclic) bond motifs is 1. The molecule has 0 bridgehead atoms. The summed E-state index contributed by atoms with van der Waals surface area (Å²) in [6, 6.07) is 10.4. The van der Waals surface area contributed by atoms with E-state index in [1.807, 2.05) is 19.2 Å². The number of pyridine rings is 1. The van der Waals surface area contributed by atoms with Crippen LogP contribution in [0.5, 0.6) is 0 Å². The molecule has 0 saturated heterocycles. The molecule has 0 radical (unpaired) electrons. The molecule has 0 fully saturated rings. The van der Waals surface area contributed by atoms with Crippen LogP contribution in [0.2, 0.25) is 0 Å². The predicted octanol–water partition coefficient (Wildman–Crippen LogP) is 3.35. The van der Waals surface area contributed by atoms with Crippen LogP contribution in [0.4, 0.5) is 11.5 Å². The van der Waals surface area contributed by atoms with E-state index in [-0.39, 0.29) is 0 Å². The average molecular weight is 297 g/mol. The first-order valence-electron chi connectivity index (χ1n) is 7.18. The van der Waals surface area contributed by atoms with E-state index in [0.717, 1.165) is 29.9 Å². The second kappa shape index (κ2) is 5.45. The molecule has 1 unspecified atom stereocenters. The van der Waals surface area contributed by atoms with E-state index in [0.29, 0.717) is 10.9 Å². The molecule has 2 heterocycles. The van der Waals surface area contributed by atoms with Crippen LogP contribution in [0.1, 0.15) is 23.6 Å². The van der Waals surface area contributed by atoms with Crippen LogP contribution in [-0.4, -0.2) is 16.5 Å². The quantitative estimate of drug-likeness (QED) is 0.863. The van der Waals surface area contributed by atoms with Gasteiger partial charge in [0.2, 0.25) is 0 Å². The van der Waals surface area contributed by atoms with Crippen molar-refractivity contribution in [2.75, 3.05) is 11.4 Å². The van der Waals surface area contributed by atoms with Crippen molar-refractivity contribution in [1.82, 2.24) is 4.98 Å². The van der Waals surface area contributed by atoms with Crippen molar-refractivity contribution in [3.63, 3.8) is 0 Å². The van der Waals surface area contributed by atoms with Crippen LogP contribution in [0.15, 0.2) is 36.5 Å². The number of aromatic nitrogens is 1. The summed E-state index contributed by atoms with van der Waals surface area (Å²) >= 11 is 5.25. The molecule has 108 valence electrons. The number of rotatable bonds is 2. The van der Waals surface area contributed by atoms with Gasteiger partial charge in [0.1, 0.15) is 10.8 Å². The van der Waals surface area contributed by atoms with Crippen LogP contribution in [0.3, 0.4) is 0 Å². The Hall–Kier alpha value is -1.94. The lowest BCUT2D eigenvalue weighted by atomic mass is 9.93. The fraction of sp³-hybridized carbons (Fsp3) is 0.294. The Labute approximate surface area is 130 Å². The van der Waals surface area contributed by atoms with Gasteiger partial charge < -0.3 is 10.6 Å². The van der Waals surface area contributed by atoms with Gasteiger partial charge >= 0.3 is 0 Å². The number of nitrogens with two attached hydrogens (primary N) is 1. The second-order valence-electron chi connectivity index (χ2n) is 5.74. The highest BCUT2D eigenvalue weighted by Gasteiger charge is 2.26. The van der Waals surface area contributed by atoms with E-state index in [1.54, 1.807) is 0 Å². The fourth-order valence-electron chi connectivity index (χ4n) is 3.05. The smallest absolute Gasteiger partial charge is 0.143 e. The maximum Gasteiger partial charge on any atom is 0.143 e. The lowest BCUT2D eigenvalue weighted by Gasteiger charge is -2.35. The highest BCUT2D eigenvalue weighted by Crippen LogP contribution is 2.36. The number of hydrogen-bond donors (Lipinski definition) is 1. The normalized spacial score (nSPS) is 17.4. The molecule has 3 nitrogen and oxygen atoms in total. The first-order valence-corrected chi connectivity index (χ1v) is 7.59. The van der Waals surface area contributed by atoms with Crippen LogP contribution in [-0.2, 0) is 6.42 Å². The van der Waals surface area contributed by atoms with E-state index in [4.69, 9.17) is 18.0 Å². The minimum Gasteiger partial charge on any atom is -0.389 e. The Kier molecular flexibility index (Phi) is 3.64. The van der Waals surface area contributed by atoms with Crippen molar-refractivity contribution < 1.29 is 0 Å². The van der Waals surface area contributed by atoms with Gasteiger partial charge in [-0.2, -0.15) is 0 Å². The third-order valence-corrected chi connectivity index (χ3v) is 4.19.